The third-order valence-corrected chi connectivity index (χ3v) is 4.08. The molecular formula is C17H19N7. The van der Waals surface area contributed by atoms with Crippen molar-refractivity contribution < 1.29 is 0 Å². The highest BCUT2D eigenvalue weighted by Crippen LogP contribution is 2.21. The molecule has 0 atom stereocenters. The van der Waals surface area contributed by atoms with Gasteiger partial charge in [0.2, 0.25) is 0 Å². The van der Waals surface area contributed by atoms with E-state index >= 15 is 0 Å². The Balaban J connectivity index is 1.57. The SMILES string of the molecule is C(NNc1ncnc2c1cnn2-c1ccccc1)=C1CCNCC1. The Labute approximate surface area is 139 Å². The van der Waals surface area contributed by atoms with Gasteiger partial charge in [-0.05, 0) is 38.1 Å². The fourth-order valence-electron chi connectivity index (χ4n) is 2.80. The van der Waals surface area contributed by atoms with Gasteiger partial charge in [0.1, 0.15) is 6.33 Å². The number of fused-ring (bicyclic) bond motifs is 1. The summed E-state index contributed by atoms with van der Waals surface area (Å²) >= 11 is 0. The predicted octanol–water partition coefficient (Wildman–Crippen LogP) is 2.00. The normalized spacial score (nSPS) is 14.6. The van der Waals surface area contributed by atoms with E-state index in [4.69, 9.17) is 0 Å². The number of piperidine rings is 1. The van der Waals surface area contributed by atoms with Crippen LogP contribution in [0.1, 0.15) is 12.8 Å². The Morgan fingerprint density at radius 2 is 1.92 bits per heavy atom. The Bertz CT molecular complexity index is 846. The molecule has 3 heterocycles. The third kappa shape index (κ3) is 2.93. The molecule has 24 heavy (non-hydrogen) atoms. The van der Waals surface area contributed by atoms with Crippen molar-refractivity contribution in [3.63, 3.8) is 0 Å². The molecule has 1 aliphatic heterocycles. The Morgan fingerprint density at radius 3 is 2.75 bits per heavy atom. The van der Waals surface area contributed by atoms with Crippen molar-refractivity contribution in [3.8, 4) is 5.69 Å². The van der Waals surface area contributed by atoms with Crippen molar-refractivity contribution in [3.05, 3.63) is 54.6 Å². The number of nitrogens with one attached hydrogen (secondary N) is 3. The fourth-order valence-corrected chi connectivity index (χ4v) is 2.80. The standard InChI is InChI=1S/C17H19N7/c1-2-4-14(5-3-1)24-17-15(11-22-24)16(19-12-20-17)23-21-10-13-6-8-18-9-7-13/h1-5,10-12,18,21H,6-9H2,(H,19,20,23). The minimum Gasteiger partial charge on any atom is -0.316 e. The lowest BCUT2D eigenvalue weighted by atomic mass is 10.1. The van der Waals surface area contributed by atoms with E-state index in [1.54, 1.807) is 12.5 Å². The first-order chi connectivity index (χ1) is 11.9. The van der Waals surface area contributed by atoms with E-state index in [1.165, 1.54) is 5.57 Å². The number of aromatic nitrogens is 4. The molecule has 0 aliphatic carbocycles. The topological polar surface area (TPSA) is 79.7 Å². The molecule has 1 fully saturated rings. The lowest BCUT2D eigenvalue weighted by Gasteiger charge is -2.15. The number of hydrazine groups is 1. The maximum absolute atomic E-state index is 4.45. The van der Waals surface area contributed by atoms with Crippen LogP contribution in [-0.4, -0.2) is 32.8 Å². The Morgan fingerprint density at radius 1 is 1.08 bits per heavy atom. The number of anilines is 1. The smallest absolute Gasteiger partial charge is 0.168 e. The first-order valence-electron chi connectivity index (χ1n) is 8.06. The van der Waals surface area contributed by atoms with Crippen LogP contribution in [0.25, 0.3) is 16.7 Å². The molecule has 0 unspecified atom stereocenters. The maximum Gasteiger partial charge on any atom is 0.168 e. The zero-order valence-electron chi connectivity index (χ0n) is 13.2. The number of hydrogen-bond acceptors (Lipinski definition) is 6. The van der Waals surface area contributed by atoms with Crippen molar-refractivity contribution in [2.75, 3.05) is 18.5 Å². The summed E-state index contributed by atoms with van der Waals surface area (Å²) in [7, 11) is 0. The van der Waals surface area contributed by atoms with E-state index in [2.05, 4.69) is 31.2 Å². The fraction of sp³-hybridized carbons (Fsp3) is 0.235. The highest BCUT2D eigenvalue weighted by atomic mass is 15.4. The molecule has 0 spiro atoms. The number of benzene rings is 1. The molecule has 0 amide bonds. The molecule has 0 saturated carbocycles. The van der Waals surface area contributed by atoms with Crippen molar-refractivity contribution in [1.82, 2.24) is 30.5 Å². The van der Waals surface area contributed by atoms with Crippen LogP contribution in [0.2, 0.25) is 0 Å². The van der Waals surface area contributed by atoms with E-state index in [9.17, 15) is 0 Å². The molecule has 7 heteroatoms. The van der Waals surface area contributed by atoms with Crippen LogP contribution < -0.4 is 16.2 Å². The summed E-state index contributed by atoms with van der Waals surface area (Å²) < 4.78 is 1.81. The van der Waals surface area contributed by atoms with Crippen LogP contribution in [0.4, 0.5) is 5.82 Å². The number of para-hydroxylation sites is 1. The summed E-state index contributed by atoms with van der Waals surface area (Å²) in [6.07, 6.45) is 7.49. The number of hydrogen-bond donors (Lipinski definition) is 3. The van der Waals surface area contributed by atoms with Crippen LogP contribution in [0.5, 0.6) is 0 Å². The molecule has 1 aliphatic rings. The lowest BCUT2D eigenvalue weighted by Crippen LogP contribution is -2.25. The average Bonchev–Trinajstić information content (AvgIpc) is 3.08. The summed E-state index contributed by atoms with van der Waals surface area (Å²) in [4.78, 5) is 8.69. The molecule has 2 aromatic heterocycles. The van der Waals surface area contributed by atoms with E-state index < -0.39 is 0 Å². The van der Waals surface area contributed by atoms with Gasteiger partial charge in [-0.3, -0.25) is 5.43 Å². The van der Waals surface area contributed by atoms with Crippen LogP contribution in [0.3, 0.4) is 0 Å². The summed E-state index contributed by atoms with van der Waals surface area (Å²) in [6.45, 7) is 2.07. The first kappa shape index (κ1) is 14.6. The molecule has 122 valence electrons. The highest BCUT2D eigenvalue weighted by Gasteiger charge is 2.10. The third-order valence-electron chi connectivity index (χ3n) is 4.08. The molecule has 3 N–H and O–H groups in total. The molecule has 0 radical (unpaired) electrons. The van der Waals surface area contributed by atoms with Crippen molar-refractivity contribution in [2.24, 2.45) is 0 Å². The Hall–Kier alpha value is -2.93. The van der Waals surface area contributed by atoms with Crippen LogP contribution in [-0.2, 0) is 0 Å². The average molecular weight is 321 g/mol. The highest BCUT2D eigenvalue weighted by molar-refractivity contribution is 5.86. The van der Waals surface area contributed by atoms with Crippen LogP contribution >= 0.6 is 0 Å². The zero-order chi connectivity index (χ0) is 16.2. The summed E-state index contributed by atoms with van der Waals surface area (Å²) in [5.74, 6) is 0.716. The molecule has 7 nitrogen and oxygen atoms in total. The van der Waals surface area contributed by atoms with Gasteiger partial charge in [-0.1, -0.05) is 23.8 Å². The second-order valence-corrected chi connectivity index (χ2v) is 5.67. The quantitative estimate of drug-likeness (QED) is 0.638. The monoisotopic (exact) mass is 321 g/mol. The van der Waals surface area contributed by atoms with Gasteiger partial charge in [-0.15, -0.1) is 0 Å². The minimum atomic E-state index is 0.716. The van der Waals surface area contributed by atoms with Gasteiger partial charge in [-0.2, -0.15) is 5.10 Å². The second kappa shape index (κ2) is 6.67. The van der Waals surface area contributed by atoms with E-state index in [-0.39, 0.29) is 0 Å². The van der Waals surface area contributed by atoms with Crippen molar-refractivity contribution >= 4 is 16.9 Å². The van der Waals surface area contributed by atoms with Crippen molar-refractivity contribution in [2.45, 2.75) is 12.8 Å². The van der Waals surface area contributed by atoms with Crippen molar-refractivity contribution in [1.29, 1.82) is 0 Å². The zero-order valence-corrected chi connectivity index (χ0v) is 13.2. The van der Waals surface area contributed by atoms with Gasteiger partial charge in [0.05, 0.1) is 17.3 Å². The van der Waals surface area contributed by atoms with E-state index in [0.717, 1.165) is 42.7 Å². The van der Waals surface area contributed by atoms with Gasteiger partial charge in [-0.25, -0.2) is 14.6 Å². The van der Waals surface area contributed by atoms with E-state index in [1.807, 2.05) is 41.2 Å². The maximum atomic E-state index is 4.45. The summed E-state index contributed by atoms with van der Waals surface area (Å²) in [6, 6.07) is 9.95. The predicted molar refractivity (Wildman–Crippen MR) is 93.6 cm³/mol. The summed E-state index contributed by atoms with van der Waals surface area (Å²) in [5.41, 5.74) is 9.44. The minimum absolute atomic E-state index is 0.716. The van der Waals surface area contributed by atoms with E-state index in [0.29, 0.717) is 5.82 Å². The van der Waals surface area contributed by atoms with Crippen LogP contribution in [0.15, 0.2) is 54.6 Å². The second-order valence-electron chi connectivity index (χ2n) is 5.67. The molecule has 1 saturated heterocycles. The Kier molecular flexibility index (Phi) is 4.07. The molecule has 1 aromatic carbocycles. The number of nitrogens with zero attached hydrogens (tertiary/aromatic N) is 4. The van der Waals surface area contributed by atoms with Gasteiger partial charge in [0, 0.05) is 6.20 Å². The molecular weight excluding hydrogens is 302 g/mol. The molecule has 0 bridgehead atoms. The lowest BCUT2D eigenvalue weighted by molar-refractivity contribution is 0.606. The van der Waals surface area contributed by atoms with Gasteiger partial charge in [0.15, 0.2) is 11.5 Å². The number of rotatable bonds is 4. The van der Waals surface area contributed by atoms with Gasteiger partial charge < -0.3 is 10.7 Å². The van der Waals surface area contributed by atoms with Gasteiger partial charge in [0.25, 0.3) is 0 Å². The summed E-state index contributed by atoms with van der Waals surface area (Å²) in [5, 5.41) is 8.66. The van der Waals surface area contributed by atoms with Gasteiger partial charge >= 0.3 is 0 Å². The molecule has 4 rings (SSSR count). The molecule has 3 aromatic rings. The largest absolute Gasteiger partial charge is 0.316 e. The van der Waals surface area contributed by atoms with Crippen LogP contribution in [0, 0.1) is 0 Å². The first-order valence-corrected chi connectivity index (χ1v) is 8.06.